The van der Waals surface area contributed by atoms with Crippen LogP contribution in [0.3, 0.4) is 0 Å². The number of hydrogen-bond acceptors (Lipinski definition) is 3. The number of para-hydroxylation sites is 1. The van der Waals surface area contributed by atoms with Crippen molar-refractivity contribution < 1.29 is 5.11 Å². The van der Waals surface area contributed by atoms with E-state index in [1.807, 2.05) is 25.1 Å². The number of aryl methyl sites for hydroxylation is 1. The second kappa shape index (κ2) is 5.17. The van der Waals surface area contributed by atoms with Crippen molar-refractivity contribution in [2.45, 2.75) is 32.3 Å². The molecule has 1 aromatic heterocycles. The SMILES string of the molecule is Cc1cc(NCC2CCCC2O)c2ccccc2n1. The summed E-state index contributed by atoms with van der Waals surface area (Å²) in [6.45, 7) is 2.86. The zero-order valence-corrected chi connectivity index (χ0v) is 11.3. The highest BCUT2D eigenvalue weighted by Gasteiger charge is 2.24. The number of rotatable bonds is 3. The van der Waals surface area contributed by atoms with Gasteiger partial charge in [0.15, 0.2) is 0 Å². The number of aliphatic hydroxyl groups excluding tert-OH is 1. The van der Waals surface area contributed by atoms with Crippen LogP contribution in [0, 0.1) is 12.8 Å². The predicted octanol–water partition coefficient (Wildman–Crippen LogP) is 3.12. The summed E-state index contributed by atoms with van der Waals surface area (Å²) in [4.78, 5) is 4.54. The topological polar surface area (TPSA) is 45.1 Å². The molecule has 0 aliphatic heterocycles. The Bertz CT molecular complexity index is 582. The molecule has 2 N–H and O–H groups in total. The Morgan fingerprint density at radius 1 is 1.32 bits per heavy atom. The van der Waals surface area contributed by atoms with Gasteiger partial charge in [-0.1, -0.05) is 24.6 Å². The van der Waals surface area contributed by atoms with E-state index >= 15 is 0 Å². The number of aromatic nitrogens is 1. The standard InChI is InChI=1S/C16H20N2O/c1-11-9-15(13-6-2-3-7-14(13)18-11)17-10-12-5-4-8-16(12)19/h2-3,6-7,9,12,16,19H,4-5,8,10H2,1H3,(H,17,18). The van der Waals surface area contributed by atoms with Gasteiger partial charge in [0.1, 0.15) is 0 Å². The van der Waals surface area contributed by atoms with Crippen LogP contribution in [0.25, 0.3) is 10.9 Å². The first-order chi connectivity index (χ1) is 9.24. The van der Waals surface area contributed by atoms with Gasteiger partial charge in [0.25, 0.3) is 0 Å². The van der Waals surface area contributed by atoms with E-state index in [-0.39, 0.29) is 6.10 Å². The van der Waals surface area contributed by atoms with E-state index in [9.17, 15) is 5.11 Å². The molecule has 0 spiro atoms. The largest absolute Gasteiger partial charge is 0.393 e. The molecular weight excluding hydrogens is 236 g/mol. The third kappa shape index (κ3) is 2.56. The van der Waals surface area contributed by atoms with Gasteiger partial charge in [-0.2, -0.15) is 0 Å². The van der Waals surface area contributed by atoms with Crippen molar-refractivity contribution in [1.82, 2.24) is 4.98 Å². The lowest BCUT2D eigenvalue weighted by molar-refractivity contribution is 0.138. The third-order valence-electron chi connectivity index (χ3n) is 4.02. The molecule has 3 rings (SSSR count). The second-order valence-electron chi connectivity index (χ2n) is 5.47. The molecule has 1 aliphatic rings. The normalized spacial score (nSPS) is 22.8. The Labute approximate surface area is 113 Å². The Balaban J connectivity index is 1.84. The lowest BCUT2D eigenvalue weighted by Gasteiger charge is -2.17. The molecule has 0 saturated heterocycles. The molecule has 1 aliphatic carbocycles. The van der Waals surface area contributed by atoms with E-state index in [1.54, 1.807) is 0 Å². The lowest BCUT2D eigenvalue weighted by atomic mass is 10.1. The average Bonchev–Trinajstić information content (AvgIpc) is 2.81. The van der Waals surface area contributed by atoms with E-state index in [0.717, 1.165) is 48.1 Å². The van der Waals surface area contributed by atoms with Crippen LogP contribution in [0.15, 0.2) is 30.3 Å². The molecule has 2 aromatic rings. The van der Waals surface area contributed by atoms with Crippen LogP contribution in [0.5, 0.6) is 0 Å². The van der Waals surface area contributed by atoms with Crippen molar-refractivity contribution in [2.75, 3.05) is 11.9 Å². The zero-order chi connectivity index (χ0) is 13.2. The van der Waals surface area contributed by atoms with E-state index < -0.39 is 0 Å². The summed E-state index contributed by atoms with van der Waals surface area (Å²) in [5, 5.41) is 14.5. The predicted molar refractivity (Wildman–Crippen MR) is 78.3 cm³/mol. The molecule has 1 heterocycles. The number of anilines is 1. The average molecular weight is 256 g/mol. The van der Waals surface area contributed by atoms with Crippen LogP contribution in [0.4, 0.5) is 5.69 Å². The highest BCUT2D eigenvalue weighted by Crippen LogP contribution is 2.28. The minimum Gasteiger partial charge on any atom is -0.393 e. The monoisotopic (exact) mass is 256 g/mol. The molecular formula is C16H20N2O. The Morgan fingerprint density at radius 3 is 2.95 bits per heavy atom. The van der Waals surface area contributed by atoms with E-state index in [4.69, 9.17) is 0 Å². The van der Waals surface area contributed by atoms with Crippen molar-refractivity contribution in [3.8, 4) is 0 Å². The van der Waals surface area contributed by atoms with Crippen molar-refractivity contribution in [1.29, 1.82) is 0 Å². The van der Waals surface area contributed by atoms with E-state index in [1.165, 1.54) is 0 Å². The molecule has 1 fully saturated rings. The highest BCUT2D eigenvalue weighted by atomic mass is 16.3. The van der Waals surface area contributed by atoms with Crippen LogP contribution >= 0.6 is 0 Å². The van der Waals surface area contributed by atoms with Gasteiger partial charge in [-0.15, -0.1) is 0 Å². The van der Waals surface area contributed by atoms with Gasteiger partial charge < -0.3 is 10.4 Å². The smallest absolute Gasteiger partial charge is 0.0725 e. The van der Waals surface area contributed by atoms with Gasteiger partial charge in [-0.25, -0.2) is 0 Å². The molecule has 0 amide bonds. The first kappa shape index (κ1) is 12.4. The van der Waals surface area contributed by atoms with Crippen LogP contribution in [-0.2, 0) is 0 Å². The first-order valence-electron chi connectivity index (χ1n) is 7.02. The van der Waals surface area contributed by atoms with Crippen molar-refractivity contribution >= 4 is 16.6 Å². The van der Waals surface area contributed by atoms with Gasteiger partial charge in [0, 0.05) is 29.2 Å². The summed E-state index contributed by atoms with van der Waals surface area (Å²) in [6.07, 6.45) is 3.07. The van der Waals surface area contributed by atoms with Crippen molar-refractivity contribution in [3.05, 3.63) is 36.0 Å². The fourth-order valence-electron chi connectivity index (χ4n) is 2.95. The molecule has 0 radical (unpaired) electrons. The Hall–Kier alpha value is -1.61. The number of fused-ring (bicyclic) bond motifs is 1. The lowest BCUT2D eigenvalue weighted by Crippen LogP contribution is -2.22. The zero-order valence-electron chi connectivity index (χ0n) is 11.3. The number of benzene rings is 1. The van der Waals surface area contributed by atoms with Crippen molar-refractivity contribution in [3.63, 3.8) is 0 Å². The van der Waals surface area contributed by atoms with Crippen LogP contribution < -0.4 is 5.32 Å². The summed E-state index contributed by atoms with van der Waals surface area (Å²) in [7, 11) is 0. The molecule has 100 valence electrons. The highest BCUT2D eigenvalue weighted by molar-refractivity contribution is 5.91. The van der Waals surface area contributed by atoms with Gasteiger partial charge in [-0.05, 0) is 31.9 Å². The molecule has 19 heavy (non-hydrogen) atoms. The fourth-order valence-corrected chi connectivity index (χ4v) is 2.95. The van der Waals surface area contributed by atoms with E-state index in [0.29, 0.717) is 5.92 Å². The summed E-state index contributed by atoms with van der Waals surface area (Å²) < 4.78 is 0. The quantitative estimate of drug-likeness (QED) is 0.887. The number of nitrogens with one attached hydrogen (secondary N) is 1. The summed E-state index contributed by atoms with van der Waals surface area (Å²) in [5.41, 5.74) is 3.17. The Morgan fingerprint density at radius 2 is 2.16 bits per heavy atom. The Kier molecular flexibility index (Phi) is 3.38. The molecule has 0 bridgehead atoms. The molecule has 1 aromatic carbocycles. The summed E-state index contributed by atoms with van der Waals surface area (Å²) in [5.74, 6) is 0.382. The van der Waals surface area contributed by atoms with Crippen LogP contribution in [0.1, 0.15) is 25.0 Å². The minimum absolute atomic E-state index is 0.137. The fraction of sp³-hybridized carbons (Fsp3) is 0.438. The number of nitrogens with zero attached hydrogens (tertiary/aromatic N) is 1. The number of hydrogen-bond donors (Lipinski definition) is 2. The molecule has 3 heteroatoms. The maximum Gasteiger partial charge on any atom is 0.0725 e. The van der Waals surface area contributed by atoms with Gasteiger partial charge in [0.05, 0.1) is 11.6 Å². The van der Waals surface area contributed by atoms with Gasteiger partial charge in [-0.3, -0.25) is 4.98 Å². The molecule has 1 saturated carbocycles. The molecule has 3 nitrogen and oxygen atoms in total. The minimum atomic E-state index is -0.137. The number of pyridine rings is 1. The van der Waals surface area contributed by atoms with Crippen molar-refractivity contribution in [2.24, 2.45) is 5.92 Å². The second-order valence-corrected chi connectivity index (χ2v) is 5.47. The maximum absolute atomic E-state index is 9.88. The molecule has 2 atom stereocenters. The summed E-state index contributed by atoms with van der Waals surface area (Å²) in [6, 6.07) is 10.3. The summed E-state index contributed by atoms with van der Waals surface area (Å²) >= 11 is 0. The molecule has 2 unspecified atom stereocenters. The van der Waals surface area contributed by atoms with Gasteiger partial charge in [0.2, 0.25) is 0 Å². The maximum atomic E-state index is 9.88. The first-order valence-corrected chi connectivity index (χ1v) is 7.02. The van der Waals surface area contributed by atoms with Gasteiger partial charge >= 0.3 is 0 Å². The van der Waals surface area contributed by atoms with Crippen LogP contribution in [-0.4, -0.2) is 22.7 Å². The van der Waals surface area contributed by atoms with Crippen LogP contribution in [0.2, 0.25) is 0 Å². The van der Waals surface area contributed by atoms with E-state index in [2.05, 4.69) is 22.4 Å². The number of aliphatic hydroxyl groups is 1. The third-order valence-corrected chi connectivity index (χ3v) is 4.02.